The van der Waals surface area contributed by atoms with Crippen molar-refractivity contribution in [2.45, 2.75) is 33.7 Å². The van der Waals surface area contributed by atoms with E-state index in [4.69, 9.17) is 18.6 Å². The summed E-state index contributed by atoms with van der Waals surface area (Å²) in [5, 5.41) is 11.5. The Hall–Kier alpha value is -4.97. The van der Waals surface area contributed by atoms with Gasteiger partial charge in [0.05, 0.1) is 47.6 Å². The zero-order valence-corrected chi connectivity index (χ0v) is 25.2. The van der Waals surface area contributed by atoms with Crippen LogP contribution in [0.15, 0.2) is 67.9 Å². The minimum absolute atomic E-state index is 0.00388. The molecule has 2 aromatic carbocycles. The summed E-state index contributed by atoms with van der Waals surface area (Å²) in [5.41, 5.74) is 2.81. The van der Waals surface area contributed by atoms with Crippen molar-refractivity contribution < 1.29 is 28.3 Å². The summed E-state index contributed by atoms with van der Waals surface area (Å²) in [5.74, 6) is 1.17. The molecule has 0 spiro atoms. The van der Waals surface area contributed by atoms with Gasteiger partial charge >= 0.3 is 5.97 Å². The van der Waals surface area contributed by atoms with Crippen LogP contribution in [0, 0.1) is 24.0 Å². The highest BCUT2D eigenvalue weighted by Gasteiger charge is 2.34. The Morgan fingerprint density at radius 2 is 1.86 bits per heavy atom. The van der Waals surface area contributed by atoms with E-state index in [9.17, 15) is 19.7 Å². The van der Waals surface area contributed by atoms with Gasteiger partial charge in [0.2, 0.25) is 0 Å². The minimum atomic E-state index is -0.833. The number of hydrogen-bond donors (Lipinski definition) is 0. The molecule has 0 aliphatic carbocycles. The van der Waals surface area contributed by atoms with Gasteiger partial charge in [-0.1, -0.05) is 17.4 Å². The lowest BCUT2D eigenvalue weighted by Gasteiger charge is -2.25. The van der Waals surface area contributed by atoms with Gasteiger partial charge in [0.1, 0.15) is 11.5 Å². The normalized spacial score (nSPS) is 14.7. The molecule has 12 heteroatoms. The molecule has 43 heavy (non-hydrogen) atoms. The summed E-state index contributed by atoms with van der Waals surface area (Å²) in [6.45, 7) is 7.08. The maximum atomic E-state index is 13.9. The number of hydrogen-bond acceptors (Lipinski definition) is 10. The van der Waals surface area contributed by atoms with E-state index >= 15 is 0 Å². The van der Waals surface area contributed by atoms with Crippen LogP contribution < -0.4 is 24.4 Å². The number of thiazole rings is 1. The third-order valence-electron chi connectivity index (χ3n) is 7.26. The topological polar surface area (TPSA) is 135 Å². The maximum absolute atomic E-state index is 13.9. The second-order valence-corrected chi connectivity index (χ2v) is 10.8. The number of nitrogens with zero attached hydrogens (tertiary/aromatic N) is 3. The number of benzene rings is 2. The first-order valence-electron chi connectivity index (χ1n) is 13.3. The first-order valence-corrected chi connectivity index (χ1v) is 14.2. The van der Waals surface area contributed by atoms with Gasteiger partial charge < -0.3 is 18.6 Å². The molecule has 3 heterocycles. The summed E-state index contributed by atoms with van der Waals surface area (Å²) in [6, 6.07) is 11.1. The molecule has 2 aromatic heterocycles. The van der Waals surface area contributed by atoms with Gasteiger partial charge in [-0.15, -0.1) is 0 Å². The van der Waals surface area contributed by atoms with Gasteiger partial charge in [0, 0.05) is 23.3 Å². The lowest BCUT2D eigenvalue weighted by molar-refractivity contribution is -0.385. The lowest BCUT2D eigenvalue weighted by Crippen LogP contribution is -2.39. The van der Waals surface area contributed by atoms with Crippen LogP contribution >= 0.6 is 11.3 Å². The molecule has 1 aliphatic rings. The molecular formula is C31H29N3O8S. The number of methoxy groups -OCH3 is 2. The number of aryl methyl sites for hydroxylation is 1. The van der Waals surface area contributed by atoms with Crippen LogP contribution in [-0.2, 0) is 9.53 Å². The Kier molecular flexibility index (Phi) is 8.05. The van der Waals surface area contributed by atoms with Crippen molar-refractivity contribution in [2.24, 2.45) is 4.99 Å². The Bertz CT molecular complexity index is 1980. The molecular weight excluding hydrogens is 574 g/mol. The molecule has 0 fully saturated rings. The van der Waals surface area contributed by atoms with Crippen LogP contribution in [-0.4, -0.2) is 36.3 Å². The largest absolute Gasteiger partial charge is 0.493 e. The van der Waals surface area contributed by atoms with E-state index < -0.39 is 16.9 Å². The average Bonchev–Trinajstić information content (AvgIpc) is 3.57. The molecule has 1 atom stereocenters. The van der Waals surface area contributed by atoms with E-state index in [2.05, 4.69) is 4.99 Å². The van der Waals surface area contributed by atoms with Gasteiger partial charge in [-0.05, 0) is 69.2 Å². The lowest BCUT2D eigenvalue weighted by atomic mass is 9.95. The van der Waals surface area contributed by atoms with E-state index in [1.165, 1.54) is 24.9 Å². The SMILES string of the molecule is CCOC(=O)C1=C(C)N=c2s/c(=C\c3ccc(-c4cc(C)c(C)c([N+](=O)[O-])c4)o3)c(=O)n2[C@H]1c1ccc(OC)c(OC)c1. The molecule has 0 saturated carbocycles. The Morgan fingerprint density at radius 1 is 1.12 bits per heavy atom. The molecule has 0 amide bonds. The quantitative estimate of drug-likeness (QED) is 0.162. The predicted octanol–water partition coefficient (Wildman–Crippen LogP) is 4.60. The van der Waals surface area contributed by atoms with Crippen LogP contribution in [0.25, 0.3) is 17.4 Å². The number of rotatable bonds is 8. The summed E-state index contributed by atoms with van der Waals surface area (Å²) >= 11 is 1.16. The zero-order chi connectivity index (χ0) is 31.0. The monoisotopic (exact) mass is 603 g/mol. The smallest absolute Gasteiger partial charge is 0.338 e. The molecule has 222 valence electrons. The van der Waals surface area contributed by atoms with Crippen molar-refractivity contribution in [3.05, 3.63) is 106 Å². The fourth-order valence-corrected chi connectivity index (χ4v) is 6.04. The minimum Gasteiger partial charge on any atom is -0.493 e. The Labute approximate surface area is 250 Å². The summed E-state index contributed by atoms with van der Waals surface area (Å²) < 4.78 is 24.0. The summed E-state index contributed by atoms with van der Waals surface area (Å²) in [7, 11) is 3.03. The summed E-state index contributed by atoms with van der Waals surface area (Å²) in [6.07, 6.45) is 1.60. The standard InChI is InChI=1S/C31H29N3O8S/c1-7-41-30(36)27-18(4)32-31-33(28(27)19-8-10-24(39-5)25(14-19)40-6)29(35)26(43-31)15-21-9-11-23(42-21)20-12-16(2)17(3)22(13-20)34(37)38/h8-15,28H,7H2,1-6H3/b26-15-/t28-/m0/s1. The first kappa shape index (κ1) is 29.5. The van der Waals surface area contributed by atoms with Crippen molar-refractivity contribution in [1.29, 1.82) is 0 Å². The fourth-order valence-electron chi connectivity index (χ4n) is 5.02. The van der Waals surface area contributed by atoms with E-state index in [0.29, 0.717) is 54.7 Å². The molecule has 0 radical (unpaired) electrons. The highest BCUT2D eigenvalue weighted by Crippen LogP contribution is 2.36. The number of furan rings is 1. The average molecular weight is 604 g/mol. The third-order valence-corrected chi connectivity index (χ3v) is 8.24. The fraction of sp³-hybridized carbons (Fsp3) is 0.258. The molecule has 0 saturated heterocycles. The number of fused-ring (bicyclic) bond motifs is 1. The van der Waals surface area contributed by atoms with Crippen LogP contribution in [0.5, 0.6) is 11.5 Å². The van der Waals surface area contributed by atoms with E-state index in [1.54, 1.807) is 64.1 Å². The van der Waals surface area contributed by atoms with Crippen LogP contribution in [0.4, 0.5) is 5.69 Å². The molecule has 0 bridgehead atoms. The van der Waals surface area contributed by atoms with Gasteiger partial charge in [0.25, 0.3) is 11.2 Å². The number of esters is 1. The number of aromatic nitrogens is 1. The highest BCUT2D eigenvalue weighted by molar-refractivity contribution is 7.07. The molecule has 5 rings (SSSR count). The molecule has 1 aliphatic heterocycles. The zero-order valence-electron chi connectivity index (χ0n) is 24.4. The van der Waals surface area contributed by atoms with Crippen LogP contribution in [0.3, 0.4) is 0 Å². The van der Waals surface area contributed by atoms with Crippen molar-refractivity contribution in [3.8, 4) is 22.8 Å². The number of nitro groups is 1. The number of ether oxygens (including phenoxy) is 3. The van der Waals surface area contributed by atoms with Crippen LogP contribution in [0.1, 0.15) is 42.3 Å². The van der Waals surface area contributed by atoms with Crippen molar-refractivity contribution in [1.82, 2.24) is 4.57 Å². The number of nitro benzene ring substituents is 1. The van der Waals surface area contributed by atoms with Gasteiger partial charge in [-0.3, -0.25) is 19.5 Å². The van der Waals surface area contributed by atoms with Gasteiger partial charge in [-0.2, -0.15) is 0 Å². The number of carbonyl (C=O) groups excluding carboxylic acids is 1. The molecule has 4 aromatic rings. The van der Waals surface area contributed by atoms with Gasteiger partial charge in [-0.25, -0.2) is 9.79 Å². The maximum Gasteiger partial charge on any atom is 0.338 e. The van der Waals surface area contributed by atoms with E-state index in [-0.39, 0.29) is 23.4 Å². The molecule has 11 nitrogen and oxygen atoms in total. The number of carbonyl (C=O) groups is 1. The number of allylic oxidation sites excluding steroid dienone is 1. The van der Waals surface area contributed by atoms with E-state index in [1.807, 2.05) is 6.07 Å². The second-order valence-electron chi connectivity index (χ2n) is 9.81. The molecule has 0 N–H and O–H groups in total. The highest BCUT2D eigenvalue weighted by atomic mass is 32.1. The summed E-state index contributed by atoms with van der Waals surface area (Å²) in [4.78, 5) is 43.2. The third kappa shape index (κ3) is 5.37. The van der Waals surface area contributed by atoms with Gasteiger partial charge in [0.15, 0.2) is 16.3 Å². The van der Waals surface area contributed by atoms with Crippen molar-refractivity contribution in [2.75, 3.05) is 20.8 Å². The first-order chi connectivity index (χ1) is 20.6. The Balaban J connectivity index is 1.64. The second kappa shape index (κ2) is 11.7. The molecule has 0 unspecified atom stereocenters. The van der Waals surface area contributed by atoms with E-state index in [0.717, 1.165) is 16.9 Å². The Morgan fingerprint density at radius 3 is 2.53 bits per heavy atom. The predicted molar refractivity (Wildman–Crippen MR) is 160 cm³/mol. The van der Waals surface area contributed by atoms with Crippen molar-refractivity contribution >= 4 is 29.1 Å². The van der Waals surface area contributed by atoms with Crippen LogP contribution in [0.2, 0.25) is 0 Å². The van der Waals surface area contributed by atoms with Crippen molar-refractivity contribution in [3.63, 3.8) is 0 Å².